The molecule has 0 radical (unpaired) electrons. The molecule has 0 aromatic heterocycles. The minimum absolute atomic E-state index is 0.000725. The van der Waals surface area contributed by atoms with E-state index in [1.54, 1.807) is 13.0 Å². The minimum Gasteiger partial charge on any atom is -0.495 e. The Morgan fingerprint density at radius 2 is 2.05 bits per heavy atom. The molecule has 108 valence electrons. The fraction of sp³-hybridized carbons (Fsp3) is 0.500. The molecule has 0 fully saturated rings. The van der Waals surface area contributed by atoms with E-state index in [0.717, 1.165) is 9.87 Å². The van der Waals surface area contributed by atoms with Crippen molar-refractivity contribution in [2.75, 3.05) is 26.4 Å². The van der Waals surface area contributed by atoms with Crippen molar-refractivity contribution in [3.63, 3.8) is 0 Å². The zero-order chi connectivity index (χ0) is 14.8. The highest BCUT2D eigenvalue weighted by Crippen LogP contribution is 2.30. The normalized spacial score (nSPS) is 13.6. The molecule has 0 spiro atoms. The van der Waals surface area contributed by atoms with Gasteiger partial charge in [-0.3, -0.25) is 0 Å². The Balaban J connectivity index is 3.32. The third kappa shape index (κ3) is 3.37. The number of hydrogen-bond acceptors (Lipinski definition) is 5. The molecular weight excluding hydrogens is 268 g/mol. The van der Waals surface area contributed by atoms with Crippen molar-refractivity contribution >= 4 is 15.7 Å². The fourth-order valence-electron chi connectivity index (χ4n) is 1.68. The number of hydrogen-bond donors (Lipinski definition) is 2. The van der Waals surface area contributed by atoms with Gasteiger partial charge in [0.1, 0.15) is 10.6 Å². The molecular formula is C12H20N2O4S. The first-order chi connectivity index (χ1) is 8.70. The average Bonchev–Trinajstić information content (AvgIpc) is 2.30. The summed E-state index contributed by atoms with van der Waals surface area (Å²) in [6.45, 7) is 3.29. The van der Waals surface area contributed by atoms with Crippen molar-refractivity contribution < 1.29 is 18.3 Å². The van der Waals surface area contributed by atoms with Crippen LogP contribution in [-0.4, -0.2) is 44.6 Å². The van der Waals surface area contributed by atoms with Crippen LogP contribution in [0.5, 0.6) is 5.75 Å². The number of rotatable bonds is 5. The lowest BCUT2D eigenvalue weighted by Gasteiger charge is -2.20. The van der Waals surface area contributed by atoms with E-state index in [2.05, 4.69) is 0 Å². The van der Waals surface area contributed by atoms with E-state index >= 15 is 0 Å². The SMILES string of the molecule is COc1cc(C)c(N)cc1S(=O)(=O)N(C)CC(C)O. The molecule has 0 saturated heterocycles. The number of nitrogen functional groups attached to an aromatic ring is 1. The van der Waals surface area contributed by atoms with Crippen molar-refractivity contribution in [2.45, 2.75) is 24.8 Å². The van der Waals surface area contributed by atoms with Crippen LogP contribution in [0.25, 0.3) is 0 Å². The summed E-state index contributed by atoms with van der Waals surface area (Å²) in [5.74, 6) is 0.240. The van der Waals surface area contributed by atoms with Crippen LogP contribution >= 0.6 is 0 Å². The van der Waals surface area contributed by atoms with Crippen molar-refractivity contribution in [1.82, 2.24) is 4.31 Å². The van der Waals surface area contributed by atoms with Crippen molar-refractivity contribution in [2.24, 2.45) is 0 Å². The number of nitrogens with two attached hydrogens (primary N) is 1. The van der Waals surface area contributed by atoms with Crippen molar-refractivity contribution in [3.05, 3.63) is 17.7 Å². The van der Waals surface area contributed by atoms with Gasteiger partial charge in [-0.05, 0) is 31.5 Å². The van der Waals surface area contributed by atoms with Crippen LogP contribution in [0.2, 0.25) is 0 Å². The van der Waals surface area contributed by atoms with Crippen LogP contribution in [-0.2, 0) is 10.0 Å². The Morgan fingerprint density at radius 3 is 2.53 bits per heavy atom. The topological polar surface area (TPSA) is 92.9 Å². The highest BCUT2D eigenvalue weighted by atomic mass is 32.2. The predicted molar refractivity (Wildman–Crippen MR) is 73.6 cm³/mol. The molecule has 0 aliphatic carbocycles. The van der Waals surface area contributed by atoms with E-state index < -0.39 is 16.1 Å². The molecule has 1 aromatic rings. The maximum atomic E-state index is 12.4. The van der Waals surface area contributed by atoms with Crippen LogP contribution in [0, 0.1) is 6.92 Å². The molecule has 0 aliphatic heterocycles. The highest BCUT2D eigenvalue weighted by molar-refractivity contribution is 7.89. The Labute approximate surface area is 113 Å². The van der Waals surface area contributed by atoms with Gasteiger partial charge in [-0.1, -0.05) is 0 Å². The lowest BCUT2D eigenvalue weighted by molar-refractivity contribution is 0.171. The second-order valence-corrected chi connectivity index (χ2v) is 6.51. The lowest BCUT2D eigenvalue weighted by atomic mass is 10.2. The number of ether oxygens (including phenoxy) is 1. The number of aryl methyl sites for hydroxylation is 1. The van der Waals surface area contributed by atoms with Crippen LogP contribution < -0.4 is 10.5 Å². The number of benzene rings is 1. The van der Waals surface area contributed by atoms with Gasteiger partial charge in [-0.25, -0.2) is 8.42 Å². The number of aliphatic hydroxyl groups is 1. The van der Waals surface area contributed by atoms with E-state index in [-0.39, 0.29) is 17.2 Å². The standard InChI is InChI=1S/C12H20N2O4S/c1-8-5-11(18-4)12(6-10(8)13)19(16,17)14(3)7-9(2)15/h5-6,9,15H,7,13H2,1-4H3. The first kappa shape index (κ1) is 15.7. The molecule has 0 amide bonds. The van der Waals surface area contributed by atoms with Gasteiger partial charge in [-0.15, -0.1) is 0 Å². The maximum absolute atomic E-state index is 12.4. The number of sulfonamides is 1. The summed E-state index contributed by atoms with van der Waals surface area (Å²) in [6.07, 6.45) is -0.756. The Hall–Kier alpha value is -1.31. The zero-order valence-electron chi connectivity index (χ0n) is 11.5. The summed E-state index contributed by atoms with van der Waals surface area (Å²) in [5, 5.41) is 9.30. The molecule has 7 heteroatoms. The Bertz CT molecular complexity index is 555. The average molecular weight is 288 g/mol. The van der Waals surface area contributed by atoms with Gasteiger partial charge in [0.25, 0.3) is 0 Å². The largest absolute Gasteiger partial charge is 0.495 e. The number of aliphatic hydroxyl groups excluding tert-OH is 1. The molecule has 0 bridgehead atoms. The van der Waals surface area contributed by atoms with Crippen LogP contribution in [0.15, 0.2) is 17.0 Å². The number of anilines is 1. The molecule has 3 N–H and O–H groups in total. The second-order valence-electron chi connectivity index (χ2n) is 4.49. The third-order valence-corrected chi connectivity index (χ3v) is 4.61. The fourth-order valence-corrected chi connectivity index (χ4v) is 3.10. The molecule has 0 heterocycles. The number of nitrogens with zero attached hydrogens (tertiary/aromatic N) is 1. The molecule has 1 atom stereocenters. The van der Waals surface area contributed by atoms with E-state index in [1.165, 1.54) is 27.1 Å². The van der Waals surface area contributed by atoms with Crippen LogP contribution in [0.4, 0.5) is 5.69 Å². The quantitative estimate of drug-likeness (QED) is 0.773. The number of likely N-dealkylation sites (N-methyl/N-ethyl adjacent to an activating group) is 1. The monoisotopic (exact) mass is 288 g/mol. The van der Waals surface area contributed by atoms with Gasteiger partial charge in [0.2, 0.25) is 10.0 Å². The zero-order valence-corrected chi connectivity index (χ0v) is 12.4. The molecule has 6 nitrogen and oxygen atoms in total. The first-order valence-electron chi connectivity index (χ1n) is 5.78. The molecule has 1 aromatic carbocycles. The molecule has 1 unspecified atom stereocenters. The Morgan fingerprint density at radius 1 is 1.47 bits per heavy atom. The summed E-state index contributed by atoms with van der Waals surface area (Å²) in [7, 11) is -0.946. The highest BCUT2D eigenvalue weighted by Gasteiger charge is 2.26. The molecule has 19 heavy (non-hydrogen) atoms. The van der Waals surface area contributed by atoms with Crippen LogP contribution in [0.1, 0.15) is 12.5 Å². The van der Waals surface area contributed by atoms with Gasteiger partial charge < -0.3 is 15.6 Å². The summed E-state index contributed by atoms with van der Waals surface area (Å²) >= 11 is 0. The van der Waals surface area contributed by atoms with E-state index in [4.69, 9.17) is 10.5 Å². The molecule has 1 rings (SSSR count). The second kappa shape index (κ2) is 5.77. The smallest absolute Gasteiger partial charge is 0.246 e. The summed E-state index contributed by atoms with van der Waals surface area (Å²) < 4.78 is 31.0. The van der Waals surface area contributed by atoms with Gasteiger partial charge in [0, 0.05) is 19.3 Å². The number of methoxy groups -OCH3 is 1. The third-order valence-electron chi connectivity index (χ3n) is 2.76. The minimum atomic E-state index is -3.75. The van der Waals surface area contributed by atoms with Gasteiger partial charge in [0.05, 0.1) is 13.2 Å². The molecule has 0 saturated carbocycles. The maximum Gasteiger partial charge on any atom is 0.246 e. The van der Waals surface area contributed by atoms with Gasteiger partial charge in [-0.2, -0.15) is 4.31 Å². The lowest BCUT2D eigenvalue weighted by Crippen LogP contribution is -2.33. The van der Waals surface area contributed by atoms with Crippen LogP contribution in [0.3, 0.4) is 0 Å². The summed E-state index contributed by atoms with van der Waals surface area (Å²) in [6, 6.07) is 2.96. The van der Waals surface area contributed by atoms with Crippen molar-refractivity contribution in [3.8, 4) is 5.75 Å². The van der Waals surface area contributed by atoms with Gasteiger partial charge >= 0.3 is 0 Å². The summed E-state index contributed by atoms with van der Waals surface area (Å²) in [5.41, 5.74) is 6.88. The van der Waals surface area contributed by atoms with E-state index in [1.807, 2.05) is 0 Å². The van der Waals surface area contributed by atoms with E-state index in [9.17, 15) is 13.5 Å². The Kier molecular flexibility index (Phi) is 4.78. The van der Waals surface area contributed by atoms with E-state index in [0.29, 0.717) is 5.69 Å². The molecule has 0 aliphatic rings. The van der Waals surface area contributed by atoms with Gasteiger partial charge in [0.15, 0.2) is 0 Å². The predicted octanol–water partition coefficient (Wildman–Crippen LogP) is 0.587. The first-order valence-corrected chi connectivity index (χ1v) is 7.22. The summed E-state index contributed by atoms with van der Waals surface area (Å²) in [4.78, 5) is 0.00116. The van der Waals surface area contributed by atoms with Crippen molar-refractivity contribution in [1.29, 1.82) is 0 Å².